The molecule has 0 atom stereocenters. The van der Waals surface area contributed by atoms with Crippen LogP contribution >= 0.6 is 11.3 Å². The van der Waals surface area contributed by atoms with E-state index < -0.39 is 0 Å². The number of carbonyl (C=O) groups is 1. The minimum Gasteiger partial charge on any atom is -0.381 e. The van der Waals surface area contributed by atoms with E-state index in [0.29, 0.717) is 18.1 Å². The molecule has 6 heteroatoms. The summed E-state index contributed by atoms with van der Waals surface area (Å²) in [5, 5.41) is 0.742. The summed E-state index contributed by atoms with van der Waals surface area (Å²) < 4.78 is 18.4. The average Bonchev–Trinajstić information content (AvgIpc) is 2.96. The molecule has 0 bridgehead atoms. The van der Waals surface area contributed by atoms with Crippen molar-refractivity contribution in [1.29, 1.82) is 0 Å². The molecule has 1 aromatic heterocycles. The third-order valence-electron chi connectivity index (χ3n) is 4.14. The van der Waals surface area contributed by atoms with Crippen molar-refractivity contribution in [3.63, 3.8) is 0 Å². The van der Waals surface area contributed by atoms with Gasteiger partial charge in [0.15, 0.2) is 0 Å². The largest absolute Gasteiger partial charge is 0.381 e. The van der Waals surface area contributed by atoms with Gasteiger partial charge in [-0.2, -0.15) is 0 Å². The van der Waals surface area contributed by atoms with Gasteiger partial charge in [0, 0.05) is 31.9 Å². The summed E-state index contributed by atoms with van der Waals surface area (Å²) >= 11 is 1.36. The molecule has 0 N–H and O–H groups in total. The van der Waals surface area contributed by atoms with Gasteiger partial charge in [-0.25, -0.2) is 9.37 Å². The third kappa shape index (κ3) is 3.43. The Hall–Kier alpha value is -1.79. The van der Waals surface area contributed by atoms with E-state index in [1.807, 2.05) is 14.0 Å². The molecule has 3 rings (SSSR count). The number of rotatable bonds is 3. The lowest BCUT2D eigenvalue weighted by molar-refractivity contribution is 0.0364. The Morgan fingerprint density at radius 2 is 1.96 bits per heavy atom. The van der Waals surface area contributed by atoms with E-state index in [9.17, 15) is 9.18 Å². The number of aryl methyl sites for hydroxylation is 1. The molecule has 2 heterocycles. The molecule has 1 saturated heterocycles. The van der Waals surface area contributed by atoms with E-state index in [2.05, 4.69) is 4.98 Å². The summed E-state index contributed by atoms with van der Waals surface area (Å²) in [6, 6.07) is 6.39. The number of amides is 1. The first-order chi connectivity index (χ1) is 11.1. The molecule has 1 aliphatic rings. The molecule has 4 nitrogen and oxygen atoms in total. The van der Waals surface area contributed by atoms with Crippen LogP contribution in [0.25, 0.3) is 10.6 Å². The zero-order valence-electron chi connectivity index (χ0n) is 13.2. The van der Waals surface area contributed by atoms with Crippen molar-refractivity contribution in [2.24, 2.45) is 0 Å². The third-order valence-corrected chi connectivity index (χ3v) is 5.34. The monoisotopic (exact) mass is 334 g/mol. The fourth-order valence-electron chi connectivity index (χ4n) is 2.71. The van der Waals surface area contributed by atoms with Gasteiger partial charge in [-0.05, 0) is 44.0 Å². The van der Waals surface area contributed by atoms with Gasteiger partial charge >= 0.3 is 0 Å². The maximum Gasteiger partial charge on any atom is 0.265 e. The molecule has 122 valence electrons. The predicted octanol–water partition coefficient (Wildman–Crippen LogP) is 3.51. The fraction of sp³-hybridized carbons (Fsp3) is 0.412. The Morgan fingerprint density at radius 1 is 1.30 bits per heavy atom. The maximum atomic E-state index is 13.0. The van der Waals surface area contributed by atoms with Crippen molar-refractivity contribution in [2.45, 2.75) is 25.8 Å². The number of thiazole rings is 1. The molecule has 0 saturated carbocycles. The first kappa shape index (κ1) is 16.1. The molecule has 0 radical (unpaired) electrons. The number of carbonyl (C=O) groups excluding carboxylic acids is 1. The minimum atomic E-state index is -0.280. The van der Waals surface area contributed by atoms with Crippen molar-refractivity contribution in [3.05, 3.63) is 40.7 Å². The van der Waals surface area contributed by atoms with Crippen molar-refractivity contribution >= 4 is 17.2 Å². The molecule has 23 heavy (non-hydrogen) atoms. The van der Waals surface area contributed by atoms with E-state index in [1.54, 1.807) is 17.0 Å². The summed E-state index contributed by atoms with van der Waals surface area (Å²) in [7, 11) is 1.84. The Morgan fingerprint density at radius 3 is 2.61 bits per heavy atom. The molecular formula is C17H19FN2O2S. The highest BCUT2D eigenvalue weighted by molar-refractivity contribution is 7.17. The van der Waals surface area contributed by atoms with Crippen LogP contribution < -0.4 is 0 Å². The van der Waals surface area contributed by atoms with Crippen LogP contribution in [0.4, 0.5) is 4.39 Å². The smallest absolute Gasteiger partial charge is 0.265 e. The zero-order chi connectivity index (χ0) is 16.4. The van der Waals surface area contributed by atoms with Crippen molar-refractivity contribution in [2.75, 3.05) is 20.3 Å². The summed E-state index contributed by atoms with van der Waals surface area (Å²) in [5.41, 5.74) is 1.55. The number of nitrogens with zero attached hydrogens (tertiary/aromatic N) is 2. The van der Waals surface area contributed by atoms with Crippen LogP contribution in [0, 0.1) is 12.7 Å². The van der Waals surface area contributed by atoms with Crippen LogP contribution in [0.5, 0.6) is 0 Å². The second-order valence-corrected chi connectivity index (χ2v) is 6.70. The zero-order valence-corrected chi connectivity index (χ0v) is 14.0. The standard InChI is InChI=1S/C17H19FN2O2S/c1-11-15(17(21)20(2)14-7-9-22-10-8-14)23-16(19-11)12-3-5-13(18)6-4-12/h3-6,14H,7-10H2,1-2H3. The number of hydrogen-bond donors (Lipinski definition) is 0. The van der Waals surface area contributed by atoms with Crippen LogP contribution in [-0.2, 0) is 4.74 Å². The summed E-state index contributed by atoms with van der Waals surface area (Å²) in [6.07, 6.45) is 1.73. The molecule has 0 unspecified atom stereocenters. The van der Waals surface area contributed by atoms with Crippen LogP contribution in [0.3, 0.4) is 0 Å². The van der Waals surface area contributed by atoms with E-state index in [0.717, 1.165) is 29.1 Å². The SMILES string of the molecule is Cc1nc(-c2ccc(F)cc2)sc1C(=O)N(C)C1CCOCC1. The normalized spacial score (nSPS) is 15.6. The number of hydrogen-bond acceptors (Lipinski definition) is 4. The molecule has 1 amide bonds. The number of benzene rings is 1. The van der Waals surface area contributed by atoms with E-state index in [-0.39, 0.29) is 17.8 Å². The second-order valence-electron chi connectivity index (χ2n) is 5.70. The molecule has 0 spiro atoms. The Balaban J connectivity index is 1.82. The first-order valence-corrected chi connectivity index (χ1v) is 8.46. The van der Waals surface area contributed by atoms with E-state index in [4.69, 9.17) is 4.74 Å². The van der Waals surface area contributed by atoms with Gasteiger partial charge in [0.05, 0.1) is 5.69 Å². The van der Waals surface area contributed by atoms with Crippen LogP contribution in [-0.4, -0.2) is 42.1 Å². The van der Waals surface area contributed by atoms with Crippen LogP contribution in [0.1, 0.15) is 28.2 Å². The predicted molar refractivity (Wildman–Crippen MR) is 88.2 cm³/mol. The van der Waals surface area contributed by atoms with Gasteiger partial charge < -0.3 is 9.64 Å². The van der Waals surface area contributed by atoms with Gasteiger partial charge in [-0.15, -0.1) is 11.3 Å². The number of ether oxygens (including phenoxy) is 1. The van der Waals surface area contributed by atoms with Crippen molar-refractivity contribution in [3.8, 4) is 10.6 Å². The highest BCUT2D eigenvalue weighted by Crippen LogP contribution is 2.29. The molecule has 2 aromatic rings. The second kappa shape index (κ2) is 6.76. The fourth-order valence-corrected chi connectivity index (χ4v) is 3.76. The van der Waals surface area contributed by atoms with Crippen LogP contribution in [0.15, 0.2) is 24.3 Å². The highest BCUT2D eigenvalue weighted by atomic mass is 32.1. The van der Waals surface area contributed by atoms with Crippen molar-refractivity contribution < 1.29 is 13.9 Å². The lowest BCUT2D eigenvalue weighted by Crippen LogP contribution is -2.40. The average molecular weight is 334 g/mol. The number of aromatic nitrogens is 1. The first-order valence-electron chi connectivity index (χ1n) is 7.64. The lowest BCUT2D eigenvalue weighted by atomic mass is 10.1. The topological polar surface area (TPSA) is 42.4 Å². The Labute approximate surface area is 138 Å². The molecule has 1 aliphatic heterocycles. The Bertz CT molecular complexity index is 693. The van der Waals surface area contributed by atoms with Gasteiger partial charge in [0.25, 0.3) is 5.91 Å². The summed E-state index contributed by atoms with van der Waals surface area (Å²) in [6.45, 7) is 3.24. The molecular weight excluding hydrogens is 315 g/mol. The minimum absolute atomic E-state index is 0.000242. The lowest BCUT2D eigenvalue weighted by Gasteiger charge is -2.31. The highest BCUT2D eigenvalue weighted by Gasteiger charge is 2.26. The number of halogens is 1. The maximum absolute atomic E-state index is 13.0. The summed E-state index contributed by atoms with van der Waals surface area (Å²) in [5.74, 6) is -0.280. The molecule has 1 aromatic carbocycles. The van der Waals surface area contributed by atoms with Gasteiger partial charge in [0.2, 0.25) is 0 Å². The van der Waals surface area contributed by atoms with Gasteiger partial charge in [0.1, 0.15) is 15.7 Å². The Kier molecular flexibility index (Phi) is 4.73. The van der Waals surface area contributed by atoms with E-state index in [1.165, 1.54) is 23.5 Å². The molecule has 0 aliphatic carbocycles. The van der Waals surface area contributed by atoms with Crippen LogP contribution in [0.2, 0.25) is 0 Å². The van der Waals surface area contributed by atoms with E-state index >= 15 is 0 Å². The summed E-state index contributed by atoms with van der Waals surface area (Å²) in [4.78, 5) is 19.7. The van der Waals surface area contributed by atoms with Gasteiger partial charge in [-0.1, -0.05) is 0 Å². The van der Waals surface area contributed by atoms with Gasteiger partial charge in [-0.3, -0.25) is 4.79 Å². The quantitative estimate of drug-likeness (QED) is 0.863. The molecule has 1 fully saturated rings. The van der Waals surface area contributed by atoms with Crippen molar-refractivity contribution in [1.82, 2.24) is 9.88 Å².